The number of hydrogen-bond acceptors (Lipinski definition) is 5. The molecule has 0 fully saturated rings. The van der Waals surface area contributed by atoms with Gasteiger partial charge in [0.2, 0.25) is 5.13 Å². The van der Waals surface area contributed by atoms with E-state index in [0.29, 0.717) is 0 Å². The molecule has 5 heteroatoms. The molecule has 0 aromatic carbocycles. The highest BCUT2D eigenvalue weighted by molar-refractivity contribution is 7.13. The highest BCUT2D eigenvalue weighted by atomic mass is 32.1. The normalized spacial score (nSPS) is 9.80. The molecule has 0 unspecified atom stereocenters. The van der Waals surface area contributed by atoms with Crippen LogP contribution >= 0.6 is 11.3 Å². The Labute approximate surface area is 63.9 Å². The summed E-state index contributed by atoms with van der Waals surface area (Å²) in [5.74, 6) is 0. The molecule has 0 bridgehead atoms. The first-order valence-electron chi connectivity index (χ1n) is 2.96. The van der Waals surface area contributed by atoms with Crippen LogP contribution in [-0.2, 0) is 0 Å². The Balaban J connectivity index is 2.50. The third kappa shape index (κ3) is 1.65. The summed E-state index contributed by atoms with van der Waals surface area (Å²) in [6.45, 7) is 0.801. The molecule has 0 aliphatic carbocycles. The number of nitrogens with zero attached hydrogens (tertiary/aromatic N) is 3. The Morgan fingerprint density at radius 1 is 1.80 bits per heavy atom. The van der Waals surface area contributed by atoms with Crippen molar-refractivity contribution in [3.8, 4) is 0 Å². The van der Waals surface area contributed by atoms with Gasteiger partial charge in [0, 0.05) is 7.05 Å². The molecule has 0 saturated heterocycles. The first-order chi connectivity index (χ1) is 4.84. The van der Waals surface area contributed by atoms with Crippen molar-refractivity contribution >= 4 is 16.5 Å². The lowest BCUT2D eigenvalue weighted by molar-refractivity contribution is 0.768. The molecule has 1 heterocycles. The van der Waals surface area contributed by atoms with Crippen LogP contribution in [0.1, 0.15) is 0 Å². The maximum atomic E-state index is 3.89. The molecule has 0 radical (unpaired) electrons. The molecular formula is C5H10N4S. The summed E-state index contributed by atoms with van der Waals surface area (Å²) < 4.78 is 0. The summed E-state index contributed by atoms with van der Waals surface area (Å²) >= 11 is 1.53. The third-order valence-corrected chi connectivity index (χ3v) is 1.87. The zero-order valence-corrected chi connectivity index (χ0v) is 6.85. The number of nitrogens with one attached hydrogen (secondary N) is 1. The van der Waals surface area contributed by atoms with Crippen molar-refractivity contribution in [1.29, 1.82) is 0 Å². The summed E-state index contributed by atoms with van der Waals surface area (Å²) in [6, 6.07) is 0. The molecule has 4 nitrogen and oxygen atoms in total. The largest absolute Gasteiger partial charge is 0.337 e. The molecule has 1 N–H and O–H groups in total. The van der Waals surface area contributed by atoms with Crippen LogP contribution in [0.3, 0.4) is 0 Å². The topological polar surface area (TPSA) is 41.0 Å². The highest BCUT2D eigenvalue weighted by Gasteiger charge is 2.00. The summed E-state index contributed by atoms with van der Waals surface area (Å²) in [6.07, 6.45) is 0. The van der Waals surface area contributed by atoms with Crippen LogP contribution in [0.2, 0.25) is 0 Å². The van der Waals surface area contributed by atoms with Gasteiger partial charge in [0.05, 0.1) is 6.67 Å². The van der Waals surface area contributed by atoms with Crippen molar-refractivity contribution in [3.63, 3.8) is 0 Å². The average molecular weight is 158 g/mol. The summed E-state index contributed by atoms with van der Waals surface area (Å²) in [4.78, 5) is 2.00. The number of anilines is 1. The Morgan fingerprint density at radius 2 is 2.60 bits per heavy atom. The Morgan fingerprint density at radius 3 is 3.10 bits per heavy atom. The SMILES string of the molecule is CNCN(C)c1nncs1. The van der Waals surface area contributed by atoms with Gasteiger partial charge in [0.1, 0.15) is 5.51 Å². The quantitative estimate of drug-likeness (QED) is 0.636. The van der Waals surface area contributed by atoms with Gasteiger partial charge in [-0.2, -0.15) is 0 Å². The molecule has 0 saturated carbocycles. The predicted octanol–water partition coefficient (Wildman–Crippen LogP) is 0.151. The van der Waals surface area contributed by atoms with E-state index in [2.05, 4.69) is 15.5 Å². The minimum absolute atomic E-state index is 0.801. The fourth-order valence-corrected chi connectivity index (χ4v) is 1.17. The monoisotopic (exact) mass is 158 g/mol. The van der Waals surface area contributed by atoms with Crippen molar-refractivity contribution in [2.45, 2.75) is 0 Å². The van der Waals surface area contributed by atoms with Gasteiger partial charge in [0.25, 0.3) is 0 Å². The van der Waals surface area contributed by atoms with Gasteiger partial charge in [-0.15, -0.1) is 10.2 Å². The van der Waals surface area contributed by atoms with Gasteiger partial charge in [-0.3, -0.25) is 0 Å². The molecule has 56 valence electrons. The second-order valence-corrected chi connectivity index (χ2v) is 2.74. The van der Waals surface area contributed by atoms with Crippen LogP contribution < -0.4 is 10.2 Å². The molecule has 0 atom stereocenters. The van der Waals surface area contributed by atoms with E-state index in [0.717, 1.165) is 11.8 Å². The van der Waals surface area contributed by atoms with Crippen molar-refractivity contribution < 1.29 is 0 Å². The van der Waals surface area contributed by atoms with Crippen LogP contribution in [0.25, 0.3) is 0 Å². The smallest absolute Gasteiger partial charge is 0.208 e. The van der Waals surface area contributed by atoms with Crippen LogP contribution in [-0.4, -0.2) is 31.0 Å². The maximum absolute atomic E-state index is 3.89. The van der Waals surface area contributed by atoms with E-state index < -0.39 is 0 Å². The average Bonchev–Trinajstić information content (AvgIpc) is 2.38. The molecular weight excluding hydrogens is 148 g/mol. The van der Waals surface area contributed by atoms with Gasteiger partial charge in [-0.25, -0.2) is 0 Å². The minimum atomic E-state index is 0.801. The molecule has 0 amide bonds. The van der Waals surface area contributed by atoms with Crippen molar-refractivity contribution in [2.75, 3.05) is 25.7 Å². The van der Waals surface area contributed by atoms with E-state index in [9.17, 15) is 0 Å². The first-order valence-corrected chi connectivity index (χ1v) is 3.84. The summed E-state index contributed by atoms with van der Waals surface area (Å²) in [7, 11) is 3.87. The second kappa shape index (κ2) is 3.48. The van der Waals surface area contributed by atoms with E-state index in [1.165, 1.54) is 11.3 Å². The minimum Gasteiger partial charge on any atom is -0.337 e. The first kappa shape index (κ1) is 7.43. The van der Waals surface area contributed by atoms with Gasteiger partial charge in [0.15, 0.2) is 0 Å². The highest BCUT2D eigenvalue weighted by Crippen LogP contribution is 2.11. The van der Waals surface area contributed by atoms with Gasteiger partial charge < -0.3 is 10.2 Å². The Hall–Kier alpha value is -0.680. The molecule has 1 aromatic rings. The van der Waals surface area contributed by atoms with Crippen LogP contribution in [0, 0.1) is 0 Å². The lowest BCUT2D eigenvalue weighted by Crippen LogP contribution is -2.27. The van der Waals surface area contributed by atoms with Crippen LogP contribution in [0.5, 0.6) is 0 Å². The molecule has 0 spiro atoms. The predicted molar refractivity (Wildman–Crippen MR) is 42.2 cm³/mol. The van der Waals surface area contributed by atoms with E-state index in [4.69, 9.17) is 0 Å². The van der Waals surface area contributed by atoms with E-state index >= 15 is 0 Å². The van der Waals surface area contributed by atoms with Crippen LogP contribution in [0.4, 0.5) is 5.13 Å². The molecule has 0 aliphatic rings. The lowest BCUT2D eigenvalue weighted by Gasteiger charge is -2.12. The van der Waals surface area contributed by atoms with Gasteiger partial charge in [-0.1, -0.05) is 11.3 Å². The van der Waals surface area contributed by atoms with Crippen molar-refractivity contribution in [2.24, 2.45) is 0 Å². The fraction of sp³-hybridized carbons (Fsp3) is 0.600. The fourth-order valence-electron chi connectivity index (χ4n) is 0.638. The third-order valence-electron chi connectivity index (χ3n) is 1.07. The molecule has 1 aromatic heterocycles. The number of aromatic nitrogens is 2. The van der Waals surface area contributed by atoms with Crippen molar-refractivity contribution in [1.82, 2.24) is 15.5 Å². The van der Waals surface area contributed by atoms with Crippen LogP contribution in [0.15, 0.2) is 5.51 Å². The van der Waals surface area contributed by atoms with E-state index in [1.807, 2.05) is 19.0 Å². The Bertz CT molecular complexity index is 174. The van der Waals surface area contributed by atoms with Gasteiger partial charge >= 0.3 is 0 Å². The van der Waals surface area contributed by atoms with E-state index in [-0.39, 0.29) is 0 Å². The molecule has 10 heavy (non-hydrogen) atoms. The van der Waals surface area contributed by atoms with Crippen molar-refractivity contribution in [3.05, 3.63) is 5.51 Å². The zero-order valence-electron chi connectivity index (χ0n) is 6.03. The van der Waals surface area contributed by atoms with E-state index in [1.54, 1.807) is 5.51 Å². The number of hydrogen-bond donors (Lipinski definition) is 1. The zero-order chi connectivity index (χ0) is 7.40. The standard InChI is InChI=1S/C5H10N4S/c1-6-3-9(2)5-8-7-4-10-5/h4,6H,3H2,1-2H3. The maximum Gasteiger partial charge on any atom is 0.208 e. The lowest BCUT2D eigenvalue weighted by atomic mass is 10.8. The molecule has 0 aliphatic heterocycles. The van der Waals surface area contributed by atoms with Gasteiger partial charge in [-0.05, 0) is 7.05 Å². The summed E-state index contributed by atoms with van der Waals surface area (Å²) in [5.41, 5.74) is 1.72. The molecule has 1 rings (SSSR count). The number of rotatable bonds is 3. The second-order valence-electron chi connectivity index (χ2n) is 1.93. The Kier molecular flexibility index (Phi) is 2.58. The summed E-state index contributed by atoms with van der Waals surface area (Å²) in [5, 5.41) is 11.6.